The van der Waals surface area contributed by atoms with E-state index >= 15 is 0 Å². The summed E-state index contributed by atoms with van der Waals surface area (Å²) in [5.41, 5.74) is 3.08. The number of hydrogen-bond donors (Lipinski definition) is 3. The first-order valence-electron chi connectivity index (χ1n) is 8.03. The molecule has 0 saturated heterocycles. The molecule has 0 saturated carbocycles. The maximum absolute atomic E-state index is 12.5. The Morgan fingerprint density at radius 2 is 1.67 bits per heavy atom. The number of aryl methyl sites for hydroxylation is 1. The molecule has 0 bridgehead atoms. The van der Waals surface area contributed by atoms with Crippen LogP contribution in [0.15, 0.2) is 54.6 Å². The van der Waals surface area contributed by atoms with Gasteiger partial charge in [-0.2, -0.15) is 0 Å². The van der Waals surface area contributed by atoms with Crippen LogP contribution in [0, 0.1) is 6.92 Å². The minimum atomic E-state index is -0.603. The predicted octanol–water partition coefficient (Wildman–Crippen LogP) is 2.67. The molecule has 0 aromatic heterocycles. The Kier molecular flexibility index (Phi) is 6.51. The van der Waals surface area contributed by atoms with Crippen molar-refractivity contribution in [3.63, 3.8) is 0 Å². The Bertz CT molecular complexity index is 686. The largest absolute Gasteiger partial charge is 0.338 e. The van der Waals surface area contributed by atoms with Gasteiger partial charge in [0.25, 0.3) is 0 Å². The molecule has 1 atom stereocenters. The Hall–Kier alpha value is -2.66. The topological polar surface area (TPSA) is 70.2 Å². The smallest absolute Gasteiger partial charge is 0.321 e. The summed E-state index contributed by atoms with van der Waals surface area (Å²) in [5, 5.41) is 8.19. The number of amides is 3. The van der Waals surface area contributed by atoms with E-state index in [1.165, 1.54) is 0 Å². The maximum Gasteiger partial charge on any atom is 0.321 e. The van der Waals surface area contributed by atoms with E-state index in [0.717, 1.165) is 16.7 Å². The molecule has 3 amide bonds. The van der Waals surface area contributed by atoms with Crippen molar-refractivity contribution in [2.24, 2.45) is 0 Å². The van der Waals surface area contributed by atoms with Crippen LogP contribution < -0.4 is 16.0 Å². The van der Waals surface area contributed by atoms with E-state index in [2.05, 4.69) is 16.0 Å². The van der Waals surface area contributed by atoms with E-state index in [4.69, 9.17) is 0 Å². The van der Waals surface area contributed by atoms with Crippen LogP contribution in [0.5, 0.6) is 0 Å². The van der Waals surface area contributed by atoms with Gasteiger partial charge < -0.3 is 5.32 Å². The molecule has 0 aliphatic carbocycles. The summed E-state index contributed by atoms with van der Waals surface area (Å²) in [4.78, 5) is 24.1. The van der Waals surface area contributed by atoms with Crippen molar-refractivity contribution >= 4 is 11.9 Å². The number of urea groups is 1. The molecule has 0 spiro atoms. The van der Waals surface area contributed by atoms with Crippen LogP contribution in [-0.4, -0.2) is 18.5 Å². The quantitative estimate of drug-likeness (QED) is 0.765. The van der Waals surface area contributed by atoms with Crippen molar-refractivity contribution in [3.05, 3.63) is 71.3 Å². The summed E-state index contributed by atoms with van der Waals surface area (Å²) in [6.45, 7) is 4.83. The second-order valence-electron chi connectivity index (χ2n) is 5.50. The fourth-order valence-corrected chi connectivity index (χ4v) is 2.42. The van der Waals surface area contributed by atoms with Gasteiger partial charge in [0.05, 0.1) is 0 Å². The first-order valence-corrected chi connectivity index (χ1v) is 8.03. The summed E-state index contributed by atoms with van der Waals surface area (Å²) in [6, 6.07) is 16.3. The van der Waals surface area contributed by atoms with Gasteiger partial charge in [0, 0.05) is 13.1 Å². The SMILES string of the molecule is CCNC(=O)NC(=O)C(NCc1ccccc1C)c1ccccc1. The number of hydrogen-bond acceptors (Lipinski definition) is 3. The molecule has 126 valence electrons. The normalized spacial score (nSPS) is 11.6. The Labute approximate surface area is 142 Å². The maximum atomic E-state index is 12.5. The molecule has 5 heteroatoms. The van der Waals surface area contributed by atoms with Gasteiger partial charge in [-0.25, -0.2) is 4.79 Å². The van der Waals surface area contributed by atoms with Crippen molar-refractivity contribution in [1.29, 1.82) is 0 Å². The second-order valence-corrected chi connectivity index (χ2v) is 5.50. The molecule has 0 aliphatic heterocycles. The van der Waals surface area contributed by atoms with E-state index in [0.29, 0.717) is 13.1 Å². The number of imide groups is 1. The lowest BCUT2D eigenvalue weighted by Gasteiger charge is -2.19. The van der Waals surface area contributed by atoms with E-state index in [-0.39, 0.29) is 5.91 Å². The molecule has 5 nitrogen and oxygen atoms in total. The predicted molar refractivity (Wildman–Crippen MR) is 94.4 cm³/mol. The van der Waals surface area contributed by atoms with Crippen LogP contribution in [-0.2, 0) is 11.3 Å². The molecule has 1 unspecified atom stereocenters. The van der Waals surface area contributed by atoms with Crippen LogP contribution in [0.4, 0.5) is 4.79 Å². The first-order chi connectivity index (χ1) is 11.6. The number of rotatable bonds is 6. The fourth-order valence-electron chi connectivity index (χ4n) is 2.42. The minimum Gasteiger partial charge on any atom is -0.338 e. The highest BCUT2D eigenvalue weighted by molar-refractivity contribution is 5.97. The molecule has 0 heterocycles. The van der Waals surface area contributed by atoms with Crippen molar-refractivity contribution in [2.45, 2.75) is 26.4 Å². The van der Waals surface area contributed by atoms with Crippen molar-refractivity contribution in [2.75, 3.05) is 6.54 Å². The lowest BCUT2D eigenvalue weighted by Crippen LogP contribution is -2.45. The zero-order valence-electron chi connectivity index (χ0n) is 14.0. The van der Waals surface area contributed by atoms with Crippen LogP contribution in [0.25, 0.3) is 0 Å². The summed E-state index contributed by atoms with van der Waals surface area (Å²) in [5.74, 6) is -0.374. The average molecular weight is 325 g/mol. The van der Waals surface area contributed by atoms with E-state index in [1.54, 1.807) is 6.92 Å². The molecule has 0 radical (unpaired) electrons. The highest BCUT2D eigenvalue weighted by Crippen LogP contribution is 2.15. The highest BCUT2D eigenvalue weighted by Gasteiger charge is 2.21. The lowest BCUT2D eigenvalue weighted by atomic mass is 10.0. The van der Waals surface area contributed by atoms with Crippen molar-refractivity contribution < 1.29 is 9.59 Å². The van der Waals surface area contributed by atoms with Gasteiger partial charge in [-0.15, -0.1) is 0 Å². The van der Waals surface area contributed by atoms with Gasteiger partial charge in [-0.1, -0.05) is 54.6 Å². The monoisotopic (exact) mass is 325 g/mol. The molecule has 0 aliphatic rings. The first kappa shape index (κ1) is 17.7. The molecule has 24 heavy (non-hydrogen) atoms. The summed E-state index contributed by atoms with van der Waals surface area (Å²) < 4.78 is 0. The van der Waals surface area contributed by atoms with E-state index < -0.39 is 12.1 Å². The summed E-state index contributed by atoms with van der Waals surface area (Å²) in [6.07, 6.45) is 0. The third kappa shape index (κ3) is 4.93. The van der Waals surface area contributed by atoms with E-state index in [1.807, 2.05) is 61.5 Å². The third-order valence-corrected chi connectivity index (χ3v) is 3.73. The Morgan fingerprint density at radius 1 is 1.00 bits per heavy atom. The number of nitrogens with one attached hydrogen (secondary N) is 3. The second kappa shape index (κ2) is 8.84. The van der Waals surface area contributed by atoms with Crippen molar-refractivity contribution in [3.8, 4) is 0 Å². The average Bonchev–Trinajstić information content (AvgIpc) is 2.58. The Balaban J connectivity index is 2.13. The van der Waals surface area contributed by atoms with Crippen LogP contribution >= 0.6 is 0 Å². The zero-order chi connectivity index (χ0) is 17.4. The molecule has 3 N–H and O–H groups in total. The molecule has 2 aromatic rings. The lowest BCUT2D eigenvalue weighted by molar-refractivity contribution is -0.122. The van der Waals surface area contributed by atoms with Gasteiger partial charge in [0.2, 0.25) is 5.91 Å². The van der Waals surface area contributed by atoms with Crippen molar-refractivity contribution in [1.82, 2.24) is 16.0 Å². The molecule has 0 fully saturated rings. The summed E-state index contributed by atoms with van der Waals surface area (Å²) >= 11 is 0. The Morgan fingerprint density at radius 3 is 2.33 bits per heavy atom. The molecular formula is C19H23N3O2. The van der Waals surface area contributed by atoms with E-state index in [9.17, 15) is 9.59 Å². The molecular weight excluding hydrogens is 302 g/mol. The number of benzene rings is 2. The molecule has 2 aromatic carbocycles. The standard InChI is InChI=1S/C19H23N3O2/c1-3-20-19(24)22-18(23)17(15-10-5-4-6-11-15)21-13-16-12-8-7-9-14(16)2/h4-12,17,21H,3,13H2,1-2H3,(H2,20,22,23,24). The number of carbonyl (C=O) groups excluding carboxylic acids is 2. The van der Waals surface area contributed by atoms with Gasteiger partial charge in [-0.05, 0) is 30.5 Å². The van der Waals surface area contributed by atoms with Gasteiger partial charge in [-0.3, -0.25) is 15.4 Å². The molecule has 2 rings (SSSR count). The fraction of sp³-hybridized carbons (Fsp3) is 0.263. The summed E-state index contributed by atoms with van der Waals surface area (Å²) in [7, 11) is 0. The number of carbonyl (C=O) groups is 2. The van der Waals surface area contributed by atoms with Crippen LogP contribution in [0.2, 0.25) is 0 Å². The van der Waals surface area contributed by atoms with Gasteiger partial charge in [0.1, 0.15) is 6.04 Å². The minimum absolute atomic E-state index is 0.374. The third-order valence-electron chi connectivity index (χ3n) is 3.73. The highest BCUT2D eigenvalue weighted by atomic mass is 16.2. The van der Waals surface area contributed by atoms with Crippen LogP contribution in [0.3, 0.4) is 0 Å². The van der Waals surface area contributed by atoms with Gasteiger partial charge in [0.15, 0.2) is 0 Å². The van der Waals surface area contributed by atoms with Gasteiger partial charge >= 0.3 is 6.03 Å². The van der Waals surface area contributed by atoms with Crippen LogP contribution in [0.1, 0.15) is 29.7 Å². The zero-order valence-corrected chi connectivity index (χ0v) is 14.0.